The van der Waals surface area contributed by atoms with E-state index in [9.17, 15) is 13.2 Å². The number of aliphatic carboxylic acids is 1. The summed E-state index contributed by atoms with van der Waals surface area (Å²) in [6.45, 7) is 7.30. The maximum atomic E-state index is 11.5. The van der Waals surface area contributed by atoms with Crippen LogP contribution in [0.2, 0.25) is 0 Å². The molecule has 0 bridgehead atoms. The number of hydrogen-bond donors (Lipinski definition) is 1. The van der Waals surface area contributed by atoms with Crippen molar-refractivity contribution in [2.24, 2.45) is 11.3 Å². The first kappa shape index (κ1) is 14.4. The lowest BCUT2D eigenvalue weighted by Gasteiger charge is -2.18. The van der Waals surface area contributed by atoms with Gasteiger partial charge in [0.05, 0.1) is 17.4 Å². The average Bonchev–Trinajstić information content (AvgIpc) is 1.99. The molecule has 0 saturated heterocycles. The summed E-state index contributed by atoms with van der Waals surface area (Å²) in [5.41, 5.74) is -0.0421. The van der Waals surface area contributed by atoms with Crippen LogP contribution in [0, 0.1) is 11.3 Å². The Hall–Kier alpha value is -0.580. The van der Waals surface area contributed by atoms with E-state index in [2.05, 4.69) is 0 Å². The average molecular weight is 236 g/mol. The van der Waals surface area contributed by atoms with Crippen molar-refractivity contribution in [3.05, 3.63) is 0 Å². The zero-order chi connectivity index (χ0) is 12.3. The van der Waals surface area contributed by atoms with Gasteiger partial charge in [-0.25, -0.2) is 8.42 Å². The van der Waals surface area contributed by atoms with Crippen LogP contribution in [-0.4, -0.2) is 31.0 Å². The first-order valence-corrected chi connectivity index (χ1v) is 6.79. The predicted octanol–water partition coefficient (Wildman–Crippen LogP) is 1.56. The molecule has 1 unspecified atom stereocenters. The van der Waals surface area contributed by atoms with Gasteiger partial charge in [0.1, 0.15) is 0 Å². The van der Waals surface area contributed by atoms with E-state index in [1.165, 1.54) is 6.92 Å². The zero-order valence-electron chi connectivity index (χ0n) is 9.78. The quantitative estimate of drug-likeness (QED) is 0.786. The van der Waals surface area contributed by atoms with Crippen molar-refractivity contribution in [1.82, 2.24) is 0 Å². The largest absolute Gasteiger partial charge is 0.481 e. The van der Waals surface area contributed by atoms with E-state index in [4.69, 9.17) is 5.11 Å². The van der Waals surface area contributed by atoms with Crippen molar-refractivity contribution in [2.45, 2.75) is 34.1 Å². The molecule has 0 heterocycles. The molecular formula is C10H20O4S. The Balaban J connectivity index is 4.27. The van der Waals surface area contributed by atoms with Crippen LogP contribution in [0.1, 0.15) is 34.1 Å². The molecule has 0 saturated carbocycles. The van der Waals surface area contributed by atoms with Crippen molar-refractivity contribution in [3.8, 4) is 0 Å². The van der Waals surface area contributed by atoms with Crippen molar-refractivity contribution in [1.29, 1.82) is 0 Å². The maximum absolute atomic E-state index is 11.5. The topological polar surface area (TPSA) is 71.4 Å². The molecule has 1 N–H and O–H groups in total. The summed E-state index contributed by atoms with van der Waals surface area (Å²) in [7, 11) is -3.24. The molecule has 0 aliphatic rings. The van der Waals surface area contributed by atoms with Gasteiger partial charge >= 0.3 is 5.97 Å². The van der Waals surface area contributed by atoms with E-state index in [-0.39, 0.29) is 16.9 Å². The summed E-state index contributed by atoms with van der Waals surface area (Å²) < 4.78 is 23.1. The molecule has 5 heteroatoms. The number of rotatable bonds is 5. The Morgan fingerprint density at radius 3 is 2.13 bits per heavy atom. The van der Waals surface area contributed by atoms with Crippen LogP contribution in [0.4, 0.5) is 0 Å². The van der Waals surface area contributed by atoms with Gasteiger partial charge in [0.2, 0.25) is 0 Å². The number of carbonyl (C=O) groups is 1. The van der Waals surface area contributed by atoms with Crippen LogP contribution in [0.25, 0.3) is 0 Å². The second-order valence-corrected chi connectivity index (χ2v) is 7.39. The van der Waals surface area contributed by atoms with E-state index >= 15 is 0 Å². The monoisotopic (exact) mass is 236 g/mol. The maximum Gasteiger partial charge on any atom is 0.307 e. The van der Waals surface area contributed by atoms with E-state index in [1.807, 2.05) is 20.8 Å². The zero-order valence-corrected chi connectivity index (χ0v) is 10.6. The molecule has 0 radical (unpaired) electrons. The molecule has 0 aromatic heterocycles. The molecule has 15 heavy (non-hydrogen) atoms. The Morgan fingerprint density at radius 2 is 1.80 bits per heavy atom. The van der Waals surface area contributed by atoms with E-state index in [0.29, 0.717) is 6.42 Å². The fourth-order valence-electron chi connectivity index (χ4n) is 0.997. The van der Waals surface area contributed by atoms with E-state index in [1.54, 1.807) is 0 Å². The molecule has 0 aliphatic carbocycles. The smallest absolute Gasteiger partial charge is 0.307 e. The van der Waals surface area contributed by atoms with Gasteiger partial charge in [-0.15, -0.1) is 0 Å². The number of hydrogen-bond acceptors (Lipinski definition) is 3. The van der Waals surface area contributed by atoms with Gasteiger partial charge in [-0.1, -0.05) is 27.7 Å². The van der Waals surface area contributed by atoms with Gasteiger partial charge in [0.15, 0.2) is 9.84 Å². The summed E-state index contributed by atoms with van der Waals surface area (Å²) in [6.07, 6.45) is 0.557. The fourth-order valence-corrected chi connectivity index (χ4v) is 2.99. The third kappa shape index (κ3) is 7.36. The normalized spacial score (nSPS) is 14.9. The van der Waals surface area contributed by atoms with Crippen LogP contribution >= 0.6 is 0 Å². The van der Waals surface area contributed by atoms with Crippen LogP contribution < -0.4 is 0 Å². The molecule has 1 atom stereocenters. The highest BCUT2D eigenvalue weighted by Gasteiger charge is 2.23. The molecule has 0 spiro atoms. The summed E-state index contributed by atoms with van der Waals surface area (Å²) >= 11 is 0. The van der Waals surface area contributed by atoms with E-state index < -0.39 is 21.7 Å². The molecule has 0 aromatic rings. The predicted molar refractivity (Wildman–Crippen MR) is 59.5 cm³/mol. The van der Waals surface area contributed by atoms with Crippen LogP contribution in [0.5, 0.6) is 0 Å². The lowest BCUT2D eigenvalue weighted by molar-refractivity contribution is -0.140. The van der Waals surface area contributed by atoms with Gasteiger partial charge in [-0.2, -0.15) is 0 Å². The molecule has 0 amide bonds. The summed E-state index contributed by atoms with van der Waals surface area (Å²) in [5, 5.41) is 8.61. The molecule has 0 fully saturated rings. The molecule has 0 rings (SSSR count). The number of carboxylic acids is 1. The minimum absolute atomic E-state index is 0.0421. The summed E-state index contributed by atoms with van der Waals surface area (Å²) in [5.74, 6) is -2.09. The lowest BCUT2D eigenvalue weighted by Crippen LogP contribution is -2.24. The first-order valence-electron chi connectivity index (χ1n) is 4.97. The van der Waals surface area contributed by atoms with Gasteiger partial charge in [-0.05, 0) is 11.8 Å². The molecular weight excluding hydrogens is 216 g/mol. The molecule has 90 valence electrons. The molecule has 4 nitrogen and oxygen atoms in total. The van der Waals surface area contributed by atoms with Crippen molar-refractivity contribution < 1.29 is 18.3 Å². The lowest BCUT2D eigenvalue weighted by atomic mass is 9.94. The van der Waals surface area contributed by atoms with Crippen molar-refractivity contribution >= 4 is 15.8 Å². The molecule has 0 aromatic carbocycles. The standard InChI is InChI=1S/C10H20O4S/c1-8(9(11)12)7-15(13,14)6-5-10(2,3)4/h8H,5-7H2,1-4H3,(H,11,12). The van der Waals surface area contributed by atoms with Crippen LogP contribution in [-0.2, 0) is 14.6 Å². The molecule has 0 aliphatic heterocycles. The Kier molecular flexibility index (Phi) is 4.77. The second-order valence-electron chi connectivity index (χ2n) is 5.16. The third-order valence-electron chi connectivity index (χ3n) is 2.09. The van der Waals surface area contributed by atoms with Crippen LogP contribution in [0.15, 0.2) is 0 Å². The minimum atomic E-state index is -3.24. The minimum Gasteiger partial charge on any atom is -0.481 e. The Morgan fingerprint density at radius 1 is 1.33 bits per heavy atom. The Bertz CT molecular complexity index is 311. The van der Waals surface area contributed by atoms with Gasteiger partial charge in [0, 0.05) is 0 Å². The highest BCUT2D eigenvalue weighted by atomic mass is 32.2. The van der Waals surface area contributed by atoms with Gasteiger partial charge in [-0.3, -0.25) is 4.79 Å². The summed E-state index contributed by atoms with van der Waals surface area (Å²) in [6, 6.07) is 0. The Labute approximate surface area is 91.6 Å². The van der Waals surface area contributed by atoms with Gasteiger partial charge < -0.3 is 5.11 Å². The fraction of sp³-hybridized carbons (Fsp3) is 0.900. The SMILES string of the molecule is CC(CS(=O)(=O)CCC(C)(C)C)C(=O)O. The first-order chi connectivity index (χ1) is 6.53. The number of sulfone groups is 1. The second kappa shape index (κ2) is 4.96. The summed E-state index contributed by atoms with van der Waals surface area (Å²) in [4.78, 5) is 10.5. The highest BCUT2D eigenvalue weighted by molar-refractivity contribution is 7.91. The number of carboxylic acid groups (broad SMARTS) is 1. The van der Waals surface area contributed by atoms with Gasteiger partial charge in [0.25, 0.3) is 0 Å². The van der Waals surface area contributed by atoms with E-state index in [0.717, 1.165) is 0 Å². The van der Waals surface area contributed by atoms with Crippen LogP contribution in [0.3, 0.4) is 0 Å². The third-order valence-corrected chi connectivity index (χ3v) is 3.92. The van der Waals surface area contributed by atoms with Crippen molar-refractivity contribution in [2.75, 3.05) is 11.5 Å². The van der Waals surface area contributed by atoms with Crippen molar-refractivity contribution in [3.63, 3.8) is 0 Å². The highest BCUT2D eigenvalue weighted by Crippen LogP contribution is 2.20.